The lowest BCUT2D eigenvalue weighted by Gasteiger charge is -2.35. The SMILES string of the molecule is O=[N+]([O-])c1ccc(N2CCCC(C(F)(F)F)C2)cc1O. The van der Waals surface area contributed by atoms with Gasteiger partial charge >= 0.3 is 11.9 Å². The van der Waals surface area contributed by atoms with Crippen LogP contribution in [-0.4, -0.2) is 29.3 Å². The van der Waals surface area contributed by atoms with E-state index in [4.69, 9.17) is 0 Å². The monoisotopic (exact) mass is 290 g/mol. The number of halogens is 3. The summed E-state index contributed by atoms with van der Waals surface area (Å²) in [5, 5.41) is 20.1. The number of benzene rings is 1. The molecule has 110 valence electrons. The Balaban J connectivity index is 2.19. The van der Waals surface area contributed by atoms with Gasteiger partial charge in [0.15, 0.2) is 5.75 Å². The fraction of sp³-hybridized carbons (Fsp3) is 0.500. The van der Waals surface area contributed by atoms with E-state index < -0.39 is 28.5 Å². The molecule has 0 saturated carbocycles. The van der Waals surface area contributed by atoms with Crippen LogP contribution in [0.4, 0.5) is 24.5 Å². The maximum atomic E-state index is 12.7. The van der Waals surface area contributed by atoms with Gasteiger partial charge in [-0.2, -0.15) is 13.2 Å². The van der Waals surface area contributed by atoms with Gasteiger partial charge in [-0.25, -0.2) is 0 Å². The van der Waals surface area contributed by atoms with Crippen LogP contribution in [0, 0.1) is 16.0 Å². The van der Waals surface area contributed by atoms with E-state index >= 15 is 0 Å². The summed E-state index contributed by atoms with van der Waals surface area (Å²) in [4.78, 5) is 11.3. The molecule has 1 aliphatic rings. The average molecular weight is 290 g/mol. The zero-order valence-corrected chi connectivity index (χ0v) is 10.4. The van der Waals surface area contributed by atoms with Gasteiger partial charge in [0, 0.05) is 30.9 Å². The average Bonchev–Trinajstić information content (AvgIpc) is 2.37. The summed E-state index contributed by atoms with van der Waals surface area (Å²) in [6.07, 6.45) is -3.78. The zero-order chi connectivity index (χ0) is 14.9. The largest absolute Gasteiger partial charge is 0.502 e. The van der Waals surface area contributed by atoms with Crippen molar-refractivity contribution in [3.63, 3.8) is 0 Å². The first kappa shape index (κ1) is 14.4. The van der Waals surface area contributed by atoms with Crippen molar-refractivity contribution in [3.05, 3.63) is 28.3 Å². The summed E-state index contributed by atoms with van der Waals surface area (Å²) < 4.78 is 38.1. The molecule has 1 heterocycles. The molecule has 20 heavy (non-hydrogen) atoms. The smallest absolute Gasteiger partial charge is 0.393 e. The van der Waals surface area contributed by atoms with Crippen LogP contribution < -0.4 is 4.90 Å². The fourth-order valence-electron chi connectivity index (χ4n) is 2.34. The summed E-state index contributed by atoms with van der Waals surface area (Å²) in [6, 6.07) is 3.59. The van der Waals surface area contributed by atoms with Crippen LogP contribution in [0.2, 0.25) is 0 Å². The van der Waals surface area contributed by atoms with Crippen LogP contribution in [0.25, 0.3) is 0 Å². The third kappa shape index (κ3) is 2.94. The summed E-state index contributed by atoms with van der Waals surface area (Å²) in [5.41, 5.74) is -0.0971. The number of rotatable bonds is 2. The Kier molecular flexibility index (Phi) is 3.74. The third-order valence-electron chi connectivity index (χ3n) is 3.41. The van der Waals surface area contributed by atoms with E-state index in [2.05, 4.69) is 0 Å². The molecule has 1 unspecified atom stereocenters. The van der Waals surface area contributed by atoms with E-state index in [-0.39, 0.29) is 13.0 Å². The first-order chi connectivity index (χ1) is 9.29. The van der Waals surface area contributed by atoms with Gasteiger partial charge in [0.1, 0.15) is 0 Å². The number of phenolic OH excluding ortho intramolecular Hbond substituents is 1. The number of phenols is 1. The number of hydrogen-bond donors (Lipinski definition) is 1. The molecule has 1 saturated heterocycles. The van der Waals surface area contributed by atoms with E-state index in [1.807, 2.05) is 0 Å². The van der Waals surface area contributed by atoms with E-state index in [1.54, 1.807) is 0 Å². The fourth-order valence-corrected chi connectivity index (χ4v) is 2.34. The highest BCUT2D eigenvalue weighted by Gasteiger charge is 2.41. The molecular weight excluding hydrogens is 277 g/mol. The van der Waals surface area contributed by atoms with Crippen LogP contribution in [0.3, 0.4) is 0 Å². The summed E-state index contributed by atoms with van der Waals surface area (Å²) in [6.45, 7) is 0.241. The Labute approximate surface area is 112 Å². The molecule has 0 aromatic heterocycles. The van der Waals surface area contributed by atoms with Crippen molar-refractivity contribution in [2.45, 2.75) is 19.0 Å². The van der Waals surface area contributed by atoms with Gasteiger partial charge in [-0.15, -0.1) is 0 Å². The number of nitro benzene ring substituents is 1. The van der Waals surface area contributed by atoms with Gasteiger partial charge in [0.25, 0.3) is 0 Å². The lowest BCUT2D eigenvalue weighted by Crippen LogP contribution is -2.41. The molecule has 0 amide bonds. The Hall–Kier alpha value is -1.99. The molecule has 1 aromatic rings. The molecule has 1 atom stereocenters. The van der Waals surface area contributed by atoms with Crippen LogP contribution in [0.5, 0.6) is 5.75 Å². The lowest BCUT2D eigenvalue weighted by molar-refractivity contribution is -0.385. The van der Waals surface area contributed by atoms with E-state index in [0.717, 1.165) is 12.1 Å². The van der Waals surface area contributed by atoms with Crippen molar-refractivity contribution in [2.75, 3.05) is 18.0 Å². The summed E-state index contributed by atoms with van der Waals surface area (Å²) in [5.74, 6) is -1.95. The third-order valence-corrected chi connectivity index (χ3v) is 3.41. The summed E-state index contributed by atoms with van der Waals surface area (Å²) in [7, 11) is 0. The first-order valence-electron chi connectivity index (χ1n) is 6.08. The Morgan fingerprint density at radius 3 is 2.65 bits per heavy atom. The topological polar surface area (TPSA) is 66.6 Å². The highest BCUT2D eigenvalue weighted by atomic mass is 19.4. The van der Waals surface area contributed by atoms with Crippen molar-refractivity contribution in [3.8, 4) is 5.75 Å². The highest BCUT2D eigenvalue weighted by Crippen LogP contribution is 2.36. The second kappa shape index (κ2) is 5.18. The van der Waals surface area contributed by atoms with Gasteiger partial charge < -0.3 is 10.0 Å². The van der Waals surface area contributed by atoms with E-state index in [0.29, 0.717) is 18.7 Å². The standard InChI is InChI=1S/C12H13F3N2O3/c13-12(14,15)8-2-1-5-16(7-8)9-3-4-10(17(19)20)11(18)6-9/h3-4,6,8,18H,1-2,5,7H2. The minimum atomic E-state index is -4.25. The van der Waals surface area contributed by atoms with Crippen molar-refractivity contribution in [1.82, 2.24) is 0 Å². The molecule has 1 fully saturated rings. The van der Waals surface area contributed by atoms with Crippen LogP contribution >= 0.6 is 0 Å². The van der Waals surface area contributed by atoms with Gasteiger partial charge in [0.2, 0.25) is 0 Å². The molecule has 0 radical (unpaired) electrons. The van der Waals surface area contributed by atoms with Gasteiger partial charge in [0.05, 0.1) is 10.8 Å². The molecule has 0 aliphatic carbocycles. The number of anilines is 1. The van der Waals surface area contributed by atoms with Crippen molar-refractivity contribution >= 4 is 11.4 Å². The lowest BCUT2D eigenvalue weighted by atomic mass is 9.97. The predicted molar refractivity (Wildman–Crippen MR) is 65.8 cm³/mol. The minimum Gasteiger partial charge on any atom is -0.502 e. The second-order valence-corrected chi connectivity index (χ2v) is 4.76. The molecule has 1 aliphatic heterocycles. The Bertz CT molecular complexity index is 519. The number of piperidine rings is 1. The van der Waals surface area contributed by atoms with Gasteiger partial charge in [-0.1, -0.05) is 0 Å². The van der Waals surface area contributed by atoms with Gasteiger partial charge in [-0.3, -0.25) is 10.1 Å². The number of nitrogens with zero attached hydrogens (tertiary/aromatic N) is 2. The molecule has 8 heteroatoms. The number of alkyl halides is 3. The van der Waals surface area contributed by atoms with Crippen LogP contribution in [-0.2, 0) is 0 Å². The maximum Gasteiger partial charge on any atom is 0.393 e. The molecule has 0 spiro atoms. The molecule has 0 bridgehead atoms. The van der Waals surface area contributed by atoms with Gasteiger partial charge in [-0.05, 0) is 18.9 Å². The van der Waals surface area contributed by atoms with Crippen LogP contribution in [0.15, 0.2) is 18.2 Å². The first-order valence-corrected chi connectivity index (χ1v) is 6.08. The second-order valence-electron chi connectivity index (χ2n) is 4.76. The number of nitro groups is 1. The zero-order valence-electron chi connectivity index (χ0n) is 10.4. The number of hydrogen-bond acceptors (Lipinski definition) is 4. The molecule has 1 N–H and O–H groups in total. The molecule has 2 rings (SSSR count). The maximum absolute atomic E-state index is 12.7. The Morgan fingerprint density at radius 2 is 2.10 bits per heavy atom. The molecular formula is C12H13F3N2O3. The van der Waals surface area contributed by atoms with Crippen molar-refractivity contribution < 1.29 is 23.2 Å². The normalized spacial score (nSPS) is 19.9. The van der Waals surface area contributed by atoms with Crippen LogP contribution in [0.1, 0.15) is 12.8 Å². The highest BCUT2D eigenvalue weighted by molar-refractivity contribution is 5.58. The van der Waals surface area contributed by atoms with E-state index in [9.17, 15) is 28.4 Å². The molecule has 5 nitrogen and oxygen atoms in total. The molecule has 1 aromatic carbocycles. The summed E-state index contributed by atoms with van der Waals surface area (Å²) >= 11 is 0. The van der Waals surface area contributed by atoms with E-state index in [1.165, 1.54) is 11.0 Å². The van der Waals surface area contributed by atoms with Crippen molar-refractivity contribution in [1.29, 1.82) is 0 Å². The minimum absolute atomic E-state index is 0.0823. The predicted octanol–water partition coefficient (Wildman–Crippen LogP) is 3.08. The number of aromatic hydroxyl groups is 1. The quantitative estimate of drug-likeness (QED) is 0.671. The Morgan fingerprint density at radius 1 is 1.40 bits per heavy atom. The van der Waals surface area contributed by atoms with Crippen molar-refractivity contribution in [2.24, 2.45) is 5.92 Å².